The summed E-state index contributed by atoms with van der Waals surface area (Å²) in [5.74, 6) is 0. The van der Waals surface area contributed by atoms with E-state index in [1.165, 1.54) is 7.05 Å². The predicted octanol–water partition coefficient (Wildman–Crippen LogP) is -1.41. The fourth-order valence-electron chi connectivity index (χ4n) is 0. The molecule has 0 bridgehead atoms. The molecule has 3 heteroatoms. The summed E-state index contributed by atoms with van der Waals surface area (Å²) in [7, 11) is 1.50. The minimum Gasteiger partial charge on any atom is -1.00 e. The number of hydrogen-bond acceptors (Lipinski definition) is 1. The van der Waals surface area contributed by atoms with Crippen LogP contribution >= 0.6 is 0 Å². The molecule has 4 heavy (non-hydrogen) atoms. The first kappa shape index (κ1) is 19.0. The van der Waals surface area contributed by atoms with Gasteiger partial charge in [-0.1, -0.05) is 0 Å². The molecular weight excluding hydrogens is 82.1 g/mol. The molecule has 0 radical (unpaired) electrons. The van der Waals surface area contributed by atoms with Crippen LogP contribution in [-0.4, -0.2) is 50.3 Å². The van der Waals surface area contributed by atoms with Gasteiger partial charge < -0.3 is 14.1 Å². The van der Waals surface area contributed by atoms with E-state index in [2.05, 4.69) is 5.73 Å². The minimum absolute atomic E-state index is 0. The molecule has 0 spiro atoms. The monoisotopic (exact) mass is 91.0 g/mol. The number of rotatable bonds is 0. The van der Waals surface area contributed by atoms with Crippen LogP contribution in [0.5, 0.6) is 0 Å². The molecule has 0 amide bonds. The van der Waals surface area contributed by atoms with Crippen LogP contribution in [-0.2, 0) is 0 Å². The van der Waals surface area contributed by atoms with E-state index in [1.54, 1.807) is 0 Å². The van der Waals surface area contributed by atoms with E-state index < -0.39 is 0 Å². The molecule has 4 N–H and O–H groups in total. The van der Waals surface area contributed by atoms with Crippen LogP contribution in [0.25, 0.3) is 0 Å². The van der Waals surface area contributed by atoms with Crippen LogP contribution in [0.3, 0.4) is 0 Å². The number of hydrogen-bond donors (Lipinski definition) is 1. The second-order valence-electron chi connectivity index (χ2n) is 0. The van der Waals surface area contributed by atoms with E-state index in [1.807, 2.05) is 0 Å². The molecular formula is CH9CaNO. The molecule has 0 aliphatic carbocycles. The van der Waals surface area contributed by atoms with Crippen LogP contribution in [0.1, 0.15) is 2.85 Å². The molecule has 26 valence electrons. The van der Waals surface area contributed by atoms with E-state index in [4.69, 9.17) is 0 Å². The zero-order chi connectivity index (χ0) is 2.00. The van der Waals surface area contributed by atoms with Gasteiger partial charge in [0.25, 0.3) is 0 Å². The Hall–Kier alpha value is 1.18. The Morgan fingerprint density at radius 3 is 1.50 bits per heavy atom. The van der Waals surface area contributed by atoms with Crippen molar-refractivity contribution in [2.24, 2.45) is 5.73 Å². The van der Waals surface area contributed by atoms with Gasteiger partial charge in [-0.2, -0.15) is 0 Å². The molecule has 2 nitrogen and oxygen atoms in total. The van der Waals surface area contributed by atoms with Crippen molar-refractivity contribution in [2.45, 2.75) is 0 Å². The maximum atomic E-state index is 4.50. The van der Waals surface area contributed by atoms with Gasteiger partial charge >= 0.3 is 37.7 Å². The van der Waals surface area contributed by atoms with Crippen molar-refractivity contribution in [3.05, 3.63) is 0 Å². The molecule has 0 aromatic rings. The first-order valence-electron chi connectivity index (χ1n) is 0.577. The summed E-state index contributed by atoms with van der Waals surface area (Å²) in [4.78, 5) is 0. The molecule has 0 atom stereocenters. The van der Waals surface area contributed by atoms with Gasteiger partial charge in [-0.15, -0.1) is 0 Å². The van der Waals surface area contributed by atoms with Gasteiger partial charge in [0, 0.05) is 0 Å². The van der Waals surface area contributed by atoms with Crippen molar-refractivity contribution in [3.8, 4) is 0 Å². The molecule has 0 aliphatic rings. The maximum absolute atomic E-state index is 4.50. The largest absolute Gasteiger partial charge is 2.00 e. The first-order valence-corrected chi connectivity index (χ1v) is 0.577. The zero-order valence-electron chi connectivity index (χ0n) is 4.78. The van der Waals surface area contributed by atoms with E-state index in [9.17, 15) is 0 Å². The molecule has 0 heterocycles. The summed E-state index contributed by atoms with van der Waals surface area (Å²) in [6.07, 6.45) is 0. The van der Waals surface area contributed by atoms with Gasteiger partial charge in [0.1, 0.15) is 0 Å². The zero-order valence-corrected chi connectivity index (χ0v) is 4.99. The van der Waals surface area contributed by atoms with Crippen molar-refractivity contribution in [1.82, 2.24) is 0 Å². The minimum atomic E-state index is 0. The molecule has 0 aromatic heterocycles. The van der Waals surface area contributed by atoms with Gasteiger partial charge in [-0.25, -0.2) is 0 Å². The molecule has 0 unspecified atom stereocenters. The van der Waals surface area contributed by atoms with Crippen molar-refractivity contribution in [3.63, 3.8) is 0 Å². The summed E-state index contributed by atoms with van der Waals surface area (Å²) in [6, 6.07) is 0. The quantitative estimate of drug-likeness (QED) is 0.366. The fourth-order valence-corrected chi connectivity index (χ4v) is 0. The van der Waals surface area contributed by atoms with Crippen LogP contribution in [0, 0.1) is 0 Å². The summed E-state index contributed by atoms with van der Waals surface area (Å²) >= 11 is 0. The summed E-state index contributed by atoms with van der Waals surface area (Å²) in [6.45, 7) is 0. The Kier molecular flexibility index (Phi) is 145. The average molecular weight is 91.2 g/mol. The number of nitrogens with two attached hydrogens (primary N) is 1. The summed E-state index contributed by atoms with van der Waals surface area (Å²) in [5.41, 5.74) is 4.50. The molecule has 0 aliphatic heterocycles. The molecule has 0 fully saturated rings. The predicted molar refractivity (Wildman–Crippen MR) is 21.7 cm³/mol. The van der Waals surface area contributed by atoms with Crippen molar-refractivity contribution < 1.29 is 8.33 Å². The summed E-state index contributed by atoms with van der Waals surface area (Å²) < 4.78 is 0. The fraction of sp³-hybridized carbons (Fsp3) is 1.00. The second-order valence-corrected chi connectivity index (χ2v) is 0. The van der Waals surface area contributed by atoms with Gasteiger partial charge in [0.15, 0.2) is 0 Å². The van der Waals surface area contributed by atoms with Crippen LogP contribution < -0.4 is 5.73 Å². The standard InChI is InChI=1S/CH5N.Ca.H2O.2H/c1-2;;;;/h2H2,1H3;;1H2;;/q;+2;;2*-1. The van der Waals surface area contributed by atoms with Crippen molar-refractivity contribution in [1.29, 1.82) is 0 Å². The van der Waals surface area contributed by atoms with E-state index >= 15 is 0 Å². The van der Waals surface area contributed by atoms with Crippen molar-refractivity contribution in [2.75, 3.05) is 7.05 Å². The van der Waals surface area contributed by atoms with E-state index in [-0.39, 0.29) is 46.1 Å². The van der Waals surface area contributed by atoms with Gasteiger partial charge in [-0.3, -0.25) is 0 Å². The second kappa shape index (κ2) is 30.4. The van der Waals surface area contributed by atoms with E-state index in [0.29, 0.717) is 0 Å². The third-order valence-electron chi connectivity index (χ3n) is 0. The van der Waals surface area contributed by atoms with Crippen molar-refractivity contribution >= 4 is 37.7 Å². The Bertz CT molecular complexity index is 13.5. The van der Waals surface area contributed by atoms with Gasteiger partial charge in [0.05, 0.1) is 0 Å². The Balaban J connectivity index is -0.000000000833. The van der Waals surface area contributed by atoms with E-state index in [0.717, 1.165) is 0 Å². The topological polar surface area (TPSA) is 57.5 Å². The molecule has 0 saturated heterocycles. The smallest absolute Gasteiger partial charge is 1.00 e. The Morgan fingerprint density at radius 2 is 1.50 bits per heavy atom. The van der Waals surface area contributed by atoms with Gasteiger partial charge in [0.2, 0.25) is 0 Å². The third-order valence-corrected chi connectivity index (χ3v) is 0. The molecule has 0 rings (SSSR count). The molecule has 0 aromatic carbocycles. The normalized spacial score (nSPS) is 1.50. The Labute approximate surface area is 58.6 Å². The Morgan fingerprint density at radius 1 is 1.50 bits per heavy atom. The van der Waals surface area contributed by atoms with Crippen LogP contribution in [0.4, 0.5) is 0 Å². The SMILES string of the molecule is CN.O.[Ca+2].[H-].[H-]. The third kappa shape index (κ3) is 10.9. The maximum Gasteiger partial charge on any atom is 2.00 e. The first-order chi connectivity index (χ1) is 1.00. The average Bonchev–Trinajstić information content (AvgIpc) is 1.00. The van der Waals surface area contributed by atoms with Crippen LogP contribution in [0.15, 0.2) is 0 Å². The summed E-state index contributed by atoms with van der Waals surface area (Å²) in [5, 5.41) is 0. The molecule has 0 saturated carbocycles. The van der Waals surface area contributed by atoms with Crippen LogP contribution in [0.2, 0.25) is 0 Å². The van der Waals surface area contributed by atoms with Gasteiger partial charge in [-0.05, 0) is 7.05 Å².